The van der Waals surface area contributed by atoms with E-state index < -0.39 is 0 Å². The van der Waals surface area contributed by atoms with Crippen LogP contribution in [0.4, 0.5) is 11.5 Å². The minimum Gasteiger partial charge on any atom is -0.367 e. The highest BCUT2D eigenvalue weighted by Gasteiger charge is 2.20. The van der Waals surface area contributed by atoms with E-state index in [9.17, 15) is 0 Å². The average Bonchev–Trinajstić information content (AvgIpc) is 2.61. The van der Waals surface area contributed by atoms with Gasteiger partial charge >= 0.3 is 0 Å². The molecule has 0 amide bonds. The number of aromatic nitrogens is 3. The maximum Gasteiger partial charge on any atom is 0.224 e. The van der Waals surface area contributed by atoms with Gasteiger partial charge in [-0.1, -0.05) is 12.1 Å². The first-order valence-corrected chi connectivity index (χ1v) is 8.42. The lowest BCUT2D eigenvalue weighted by Crippen LogP contribution is -2.47. The number of hydrogen-bond donors (Lipinski definition) is 0. The molecule has 1 aliphatic rings. The number of rotatable bonds is 2. The fourth-order valence-corrected chi connectivity index (χ4v) is 3.34. The molecule has 5 nitrogen and oxygen atoms in total. The molecule has 0 aliphatic carbocycles. The van der Waals surface area contributed by atoms with Gasteiger partial charge in [-0.25, -0.2) is 9.97 Å². The molecule has 0 atom stereocenters. The summed E-state index contributed by atoms with van der Waals surface area (Å²) in [7, 11) is 0. The molecule has 2 aromatic heterocycles. The van der Waals surface area contributed by atoms with Crippen LogP contribution in [0.25, 0.3) is 10.9 Å². The standard InChI is InChI=1S/C18H18ClN5/c1-13-2-3-14-15(12-13)20-6-4-16(14)23-8-10-24(11-9-23)17-5-7-21-18(19)22-17/h2-7,12H,8-11H2,1H3. The van der Waals surface area contributed by atoms with Gasteiger partial charge in [-0.2, -0.15) is 0 Å². The van der Waals surface area contributed by atoms with Crippen LogP contribution in [0.5, 0.6) is 0 Å². The Bertz CT molecular complexity index is 874. The lowest BCUT2D eigenvalue weighted by atomic mass is 10.1. The van der Waals surface area contributed by atoms with Gasteiger partial charge in [0.1, 0.15) is 5.82 Å². The van der Waals surface area contributed by atoms with Crippen molar-refractivity contribution in [2.75, 3.05) is 36.0 Å². The van der Waals surface area contributed by atoms with E-state index in [4.69, 9.17) is 11.6 Å². The molecular weight excluding hydrogens is 322 g/mol. The van der Waals surface area contributed by atoms with Crippen LogP contribution >= 0.6 is 11.6 Å². The van der Waals surface area contributed by atoms with Crippen molar-refractivity contribution in [3.63, 3.8) is 0 Å². The van der Waals surface area contributed by atoms with E-state index in [1.54, 1.807) is 6.20 Å². The lowest BCUT2D eigenvalue weighted by Gasteiger charge is -2.37. The molecule has 6 heteroatoms. The quantitative estimate of drug-likeness (QED) is 0.670. The topological polar surface area (TPSA) is 45.2 Å². The highest BCUT2D eigenvalue weighted by Crippen LogP contribution is 2.27. The van der Waals surface area contributed by atoms with E-state index in [0.29, 0.717) is 5.28 Å². The molecule has 0 bridgehead atoms. The molecule has 1 aromatic carbocycles. The zero-order chi connectivity index (χ0) is 16.5. The second kappa shape index (κ2) is 6.24. The smallest absolute Gasteiger partial charge is 0.224 e. The molecule has 0 radical (unpaired) electrons. The van der Waals surface area contributed by atoms with Crippen molar-refractivity contribution in [1.29, 1.82) is 0 Å². The van der Waals surface area contributed by atoms with Gasteiger partial charge in [-0.3, -0.25) is 4.98 Å². The number of halogens is 1. The molecule has 1 aliphatic heterocycles. The molecule has 0 N–H and O–H groups in total. The highest BCUT2D eigenvalue weighted by atomic mass is 35.5. The molecule has 4 rings (SSSR count). The van der Waals surface area contributed by atoms with E-state index >= 15 is 0 Å². The van der Waals surface area contributed by atoms with Gasteiger partial charge in [0, 0.05) is 49.6 Å². The monoisotopic (exact) mass is 339 g/mol. The summed E-state index contributed by atoms with van der Waals surface area (Å²) in [5.41, 5.74) is 3.54. The largest absolute Gasteiger partial charge is 0.367 e. The van der Waals surface area contributed by atoms with Crippen molar-refractivity contribution in [3.8, 4) is 0 Å². The summed E-state index contributed by atoms with van der Waals surface area (Å²) in [4.78, 5) is 17.4. The van der Waals surface area contributed by atoms with E-state index in [1.807, 2.05) is 12.3 Å². The fourth-order valence-electron chi connectivity index (χ4n) is 3.20. The maximum absolute atomic E-state index is 5.90. The van der Waals surface area contributed by atoms with Crippen LogP contribution in [0, 0.1) is 6.92 Å². The second-order valence-electron chi connectivity index (χ2n) is 6.01. The minimum absolute atomic E-state index is 0.297. The number of hydrogen-bond acceptors (Lipinski definition) is 5. The molecule has 1 fully saturated rings. The zero-order valence-corrected chi connectivity index (χ0v) is 14.2. The third-order valence-corrected chi connectivity index (χ3v) is 4.61. The molecule has 0 spiro atoms. The average molecular weight is 340 g/mol. The summed E-state index contributed by atoms with van der Waals surface area (Å²) < 4.78 is 0. The predicted molar refractivity (Wildman–Crippen MR) is 97.9 cm³/mol. The van der Waals surface area contributed by atoms with Crippen LogP contribution in [0.15, 0.2) is 42.7 Å². The number of anilines is 2. The molecule has 122 valence electrons. The molecule has 0 unspecified atom stereocenters. The Kier molecular flexibility index (Phi) is 3.94. The summed E-state index contributed by atoms with van der Waals surface area (Å²) in [6, 6.07) is 10.5. The third-order valence-electron chi connectivity index (χ3n) is 4.43. The second-order valence-corrected chi connectivity index (χ2v) is 6.35. The first kappa shape index (κ1) is 15.1. The van der Waals surface area contributed by atoms with E-state index in [1.165, 1.54) is 16.6 Å². The number of nitrogens with zero attached hydrogens (tertiary/aromatic N) is 5. The Balaban J connectivity index is 1.56. The Morgan fingerprint density at radius 3 is 2.46 bits per heavy atom. The van der Waals surface area contributed by atoms with Crippen LogP contribution in [-0.4, -0.2) is 41.1 Å². The summed E-state index contributed by atoms with van der Waals surface area (Å²) in [6.07, 6.45) is 3.60. The molecule has 3 aromatic rings. The zero-order valence-electron chi connectivity index (χ0n) is 13.5. The number of aryl methyl sites for hydroxylation is 1. The van der Waals surface area contributed by atoms with Crippen LogP contribution in [-0.2, 0) is 0 Å². The van der Waals surface area contributed by atoms with Crippen molar-refractivity contribution < 1.29 is 0 Å². The number of benzene rings is 1. The Morgan fingerprint density at radius 2 is 1.67 bits per heavy atom. The summed E-state index contributed by atoms with van der Waals surface area (Å²) in [6.45, 7) is 5.79. The first-order valence-electron chi connectivity index (χ1n) is 8.04. The molecule has 0 saturated carbocycles. The van der Waals surface area contributed by atoms with Crippen LogP contribution in [0.1, 0.15) is 5.56 Å². The summed E-state index contributed by atoms with van der Waals surface area (Å²) >= 11 is 5.90. The lowest BCUT2D eigenvalue weighted by molar-refractivity contribution is 0.648. The Morgan fingerprint density at radius 1 is 0.917 bits per heavy atom. The van der Waals surface area contributed by atoms with Gasteiger partial charge in [0.25, 0.3) is 0 Å². The van der Waals surface area contributed by atoms with E-state index in [-0.39, 0.29) is 0 Å². The molecular formula is C18H18ClN5. The van der Waals surface area contributed by atoms with Gasteiger partial charge < -0.3 is 9.80 Å². The van der Waals surface area contributed by atoms with Crippen molar-refractivity contribution in [2.24, 2.45) is 0 Å². The van der Waals surface area contributed by atoms with Gasteiger partial charge in [0.15, 0.2) is 0 Å². The van der Waals surface area contributed by atoms with Crippen LogP contribution in [0.3, 0.4) is 0 Å². The van der Waals surface area contributed by atoms with Crippen LogP contribution < -0.4 is 9.80 Å². The van der Waals surface area contributed by atoms with E-state index in [0.717, 1.165) is 37.5 Å². The highest BCUT2D eigenvalue weighted by molar-refractivity contribution is 6.28. The molecule has 1 saturated heterocycles. The van der Waals surface area contributed by atoms with E-state index in [2.05, 4.69) is 55.9 Å². The SMILES string of the molecule is Cc1ccc2c(N3CCN(c4ccnc(Cl)n4)CC3)ccnc2c1. The number of piperazine rings is 1. The van der Waals surface area contributed by atoms with Crippen molar-refractivity contribution in [3.05, 3.63) is 53.6 Å². The van der Waals surface area contributed by atoms with Gasteiger partial charge in [-0.05, 0) is 42.3 Å². The summed E-state index contributed by atoms with van der Waals surface area (Å²) in [5.74, 6) is 0.893. The van der Waals surface area contributed by atoms with Gasteiger partial charge in [0.05, 0.1) is 5.52 Å². The predicted octanol–water partition coefficient (Wildman–Crippen LogP) is 3.31. The maximum atomic E-state index is 5.90. The van der Waals surface area contributed by atoms with Crippen LogP contribution in [0.2, 0.25) is 5.28 Å². The van der Waals surface area contributed by atoms with Gasteiger partial charge in [0.2, 0.25) is 5.28 Å². The molecule has 3 heterocycles. The summed E-state index contributed by atoms with van der Waals surface area (Å²) in [5, 5.41) is 1.51. The normalized spacial score (nSPS) is 15.1. The van der Waals surface area contributed by atoms with Gasteiger partial charge in [-0.15, -0.1) is 0 Å². The third kappa shape index (κ3) is 2.87. The number of pyridine rings is 1. The van der Waals surface area contributed by atoms with Crippen molar-refractivity contribution in [2.45, 2.75) is 6.92 Å². The number of fused-ring (bicyclic) bond motifs is 1. The Hall–Kier alpha value is -2.40. The fraction of sp³-hybridized carbons (Fsp3) is 0.278. The minimum atomic E-state index is 0.297. The first-order chi connectivity index (χ1) is 11.7. The Labute approximate surface area is 145 Å². The van der Waals surface area contributed by atoms with Crippen molar-refractivity contribution >= 4 is 34.0 Å². The van der Waals surface area contributed by atoms with Crippen molar-refractivity contribution in [1.82, 2.24) is 15.0 Å². The molecule has 24 heavy (non-hydrogen) atoms.